The number of halogens is 1. The van der Waals surface area contributed by atoms with Crippen LogP contribution in [0.4, 0.5) is 0 Å². The largest absolute Gasteiger partial charge is 0.441 e. The molecule has 2 aromatic heterocycles. The van der Waals surface area contributed by atoms with E-state index in [1.54, 1.807) is 10.9 Å². The Labute approximate surface area is 163 Å². The number of nitrogens with zero attached hydrogens (tertiary/aromatic N) is 3. The number of aromatic nitrogens is 3. The van der Waals surface area contributed by atoms with Gasteiger partial charge < -0.3 is 15.1 Å². The number of para-hydroxylation sites is 1. The van der Waals surface area contributed by atoms with E-state index < -0.39 is 5.54 Å². The van der Waals surface area contributed by atoms with E-state index in [0.717, 1.165) is 42.6 Å². The summed E-state index contributed by atoms with van der Waals surface area (Å²) < 4.78 is 7.58. The van der Waals surface area contributed by atoms with Gasteiger partial charge in [0, 0.05) is 25.4 Å². The zero-order valence-corrected chi connectivity index (χ0v) is 16.1. The maximum absolute atomic E-state index is 13.0. The second-order valence-electron chi connectivity index (χ2n) is 6.77. The monoisotopic (exact) mass is 389 g/mol. The molecule has 3 aromatic rings. The summed E-state index contributed by atoms with van der Waals surface area (Å²) in [4.78, 5) is 17.5. The van der Waals surface area contributed by atoms with Gasteiger partial charge >= 0.3 is 0 Å². The quantitative estimate of drug-likeness (QED) is 0.698. The van der Waals surface area contributed by atoms with Gasteiger partial charge in [-0.05, 0) is 50.6 Å². The Morgan fingerprint density at radius 3 is 2.85 bits per heavy atom. The van der Waals surface area contributed by atoms with E-state index in [2.05, 4.69) is 20.7 Å². The maximum Gasteiger partial charge on any atom is 0.248 e. The third-order valence-corrected chi connectivity index (χ3v) is 5.09. The molecular formula is C19H24ClN5O2. The molecule has 1 saturated heterocycles. The average Bonchev–Trinajstić information content (AvgIpc) is 3.33. The molecule has 0 aliphatic carbocycles. The molecule has 0 saturated carbocycles. The molecule has 1 aliphatic rings. The fourth-order valence-corrected chi connectivity index (χ4v) is 3.61. The van der Waals surface area contributed by atoms with Crippen LogP contribution in [0.25, 0.3) is 11.1 Å². The lowest BCUT2D eigenvalue weighted by atomic mass is 9.87. The lowest BCUT2D eigenvalue weighted by molar-refractivity contribution is -0.132. The minimum Gasteiger partial charge on any atom is -0.441 e. The van der Waals surface area contributed by atoms with Crippen molar-refractivity contribution < 1.29 is 9.21 Å². The lowest BCUT2D eigenvalue weighted by Gasteiger charge is -2.36. The van der Waals surface area contributed by atoms with Crippen molar-refractivity contribution in [2.24, 2.45) is 0 Å². The van der Waals surface area contributed by atoms with E-state index in [9.17, 15) is 4.79 Å². The molecule has 1 amide bonds. The van der Waals surface area contributed by atoms with Crippen LogP contribution >= 0.6 is 12.4 Å². The first-order valence-electron chi connectivity index (χ1n) is 9.03. The molecule has 2 N–H and O–H groups in total. The van der Waals surface area contributed by atoms with Crippen LogP contribution in [0.15, 0.2) is 41.1 Å². The number of fused-ring (bicyclic) bond motifs is 1. The van der Waals surface area contributed by atoms with Crippen molar-refractivity contribution >= 4 is 29.4 Å². The molecule has 0 radical (unpaired) electrons. The summed E-state index contributed by atoms with van der Waals surface area (Å²) in [6.07, 6.45) is 5.60. The summed E-state index contributed by atoms with van der Waals surface area (Å²) in [7, 11) is 0. The van der Waals surface area contributed by atoms with E-state index in [1.165, 1.54) is 0 Å². The molecule has 8 heteroatoms. The molecule has 0 atom stereocenters. The van der Waals surface area contributed by atoms with Crippen LogP contribution in [-0.2, 0) is 16.8 Å². The third-order valence-electron chi connectivity index (χ3n) is 5.09. The molecule has 27 heavy (non-hydrogen) atoms. The molecule has 0 bridgehead atoms. The van der Waals surface area contributed by atoms with Crippen molar-refractivity contribution in [3.8, 4) is 0 Å². The van der Waals surface area contributed by atoms with Crippen LogP contribution in [0.3, 0.4) is 0 Å². The fourth-order valence-electron chi connectivity index (χ4n) is 3.61. The Balaban J connectivity index is 0.00000210. The Kier molecular flexibility index (Phi) is 5.82. The number of carbonyl (C=O) groups excluding carboxylic acids is 1. The van der Waals surface area contributed by atoms with Gasteiger partial charge in [0.25, 0.3) is 0 Å². The van der Waals surface area contributed by atoms with Crippen LogP contribution in [0.1, 0.15) is 24.3 Å². The molecule has 4 rings (SSSR count). The van der Waals surface area contributed by atoms with Crippen LogP contribution < -0.4 is 10.6 Å². The molecule has 3 heterocycles. The molecule has 0 spiro atoms. The Morgan fingerprint density at radius 2 is 2.15 bits per heavy atom. The van der Waals surface area contributed by atoms with Crippen molar-refractivity contribution in [1.82, 2.24) is 25.4 Å². The van der Waals surface area contributed by atoms with Gasteiger partial charge in [0.05, 0.1) is 0 Å². The number of carbonyl (C=O) groups is 1. The van der Waals surface area contributed by atoms with E-state index in [0.29, 0.717) is 18.9 Å². The molecule has 1 aromatic carbocycles. The van der Waals surface area contributed by atoms with Gasteiger partial charge in [0.15, 0.2) is 11.5 Å². The number of oxazole rings is 1. The Morgan fingerprint density at radius 1 is 1.33 bits per heavy atom. The van der Waals surface area contributed by atoms with Gasteiger partial charge in [0.1, 0.15) is 11.1 Å². The minimum absolute atomic E-state index is 0. The van der Waals surface area contributed by atoms with Gasteiger partial charge in [-0.1, -0.05) is 12.1 Å². The highest BCUT2D eigenvalue weighted by molar-refractivity contribution is 5.85. The lowest BCUT2D eigenvalue weighted by Crippen LogP contribution is -2.54. The van der Waals surface area contributed by atoms with Crippen LogP contribution in [0.5, 0.6) is 0 Å². The van der Waals surface area contributed by atoms with Gasteiger partial charge in [-0.25, -0.2) is 4.98 Å². The predicted octanol–water partition coefficient (Wildman–Crippen LogP) is 2.19. The van der Waals surface area contributed by atoms with Gasteiger partial charge in [0.2, 0.25) is 5.91 Å². The first-order chi connectivity index (χ1) is 12.7. The maximum atomic E-state index is 13.0. The van der Waals surface area contributed by atoms with E-state index in [-0.39, 0.29) is 18.3 Å². The number of hydrogen-bond acceptors (Lipinski definition) is 5. The highest BCUT2D eigenvalue weighted by Crippen LogP contribution is 2.27. The second kappa shape index (κ2) is 8.10. The zero-order valence-electron chi connectivity index (χ0n) is 15.3. The topological polar surface area (TPSA) is 85.0 Å². The molecule has 7 nitrogen and oxygen atoms in total. The second-order valence-corrected chi connectivity index (χ2v) is 6.77. The summed E-state index contributed by atoms with van der Waals surface area (Å²) in [5.41, 5.74) is 2.15. The van der Waals surface area contributed by atoms with Crippen LogP contribution in [0.2, 0.25) is 0 Å². The van der Waals surface area contributed by atoms with E-state index >= 15 is 0 Å². The molecule has 1 aliphatic heterocycles. The number of hydrogen-bond donors (Lipinski definition) is 2. The average molecular weight is 390 g/mol. The van der Waals surface area contributed by atoms with Crippen molar-refractivity contribution in [3.05, 3.63) is 48.1 Å². The van der Waals surface area contributed by atoms with Gasteiger partial charge in [-0.3, -0.25) is 9.48 Å². The predicted molar refractivity (Wildman–Crippen MR) is 105 cm³/mol. The molecule has 1 fully saturated rings. The van der Waals surface area contributed by atoms with Gasteiger partial charge in [-0.15, -0.1) is 12.4 Å². The van der Waals surface area contributed by atoms with Crippen molar-refractivity contribution in [2.75, 3.05) is 19.6 Å². The Bertz CT molecular complexity index is 900. The standard InChI is InChI=1S/C19H23N5O2.ClH/c1-14-4-2-5-15-17(14)23-16(26-15)6-10-21-18(25)19(7-11-20-12-8-19)24-13-3-9-22-24;/h2-5,9,13,20H,6-8,10-12H2,1H3,(H,21,25);1H. The fraction of sp³-hybridized carbons (Fsp3) is 0.421. The highest BCUT2D eigenvalue weighted by atomic mass is 35.5. The van der Waals surface area contributed by atoms with Crippen molar-refractivity contribution in [2.45, 2.75) is 31.7 Å². The highest BCUT2D eigenvalue weighted by Gasteiger charge is 2.41. The third kappa shape index (κ3) is 3.70. The van der Waals surface area contributed by atoms with E-state index in [4.69, 9.17) is 4.42 Å². The summed E-state index contributed by atoms with van der Waals surface area (Å²) in [6, 6.07) is 7.75. The first-order valence-corrected chi connectivity index (χ1v) is 9.03. The first kappa shape index (κ1) is 19.4. The van der Waals surface area contributed by atoms with Crippen molar-refractivity contribution in [3.63, 3.8) is 0 Å². The SMILES string of the molecule is Cc1cccc2oc(CCNC(=O)C3(n4cccn4)CCNCC3)nc12.Cl. The summed E-state index contributed by atoms with van der Waals surface area (Å²) >= 11 is 0. The summed E-state index contributed by atoms with van der Waals surface area (Å²) in [5, 5.41) is 10.7. The molecule has 0 unspecified atom stereocenters. The normalized spacial score (nSPS) is 16.0. The van der Waals surface area contributed by atoms with Crippen LogP contribution in [-0.4, -0.2) is 40.3 Å². The van der Waals surface area contributed by atoms with Crippen LogP contribution in [0, 0.1) is 6.92 Å². The number of amides is 1. The molecular weight excluding hydrogens is 366 g/mol. The smallest absolute Gasteiger partial charge is 0.248 e. The zero-order chi connectivity index (χ0) is 18.0. The summed E-state index contributed by atoms with van der Waals surface area (Å²) in [5.74, 6) is 0.656. The number of piperidine rings is 1. The number of nitrogens with one attached hydrogen (secondary N) is 2. The number of benzene rings is 1. The van der Waals surface area contributed by atoms with Crippen molar-refractivity contribution in [1.29, 1.82) is 0 Å². The molecule has 144 valence electrons. The minimum atomic E-state index is -0.618. The van der Waals surface area contributed by atoms with E-state index in [1.807, 2.05) is 37.4 Å². The number of rotatable bonds is 5. The number of aryl methyl sites for hydroxylation is 1. The Hall–Kier alpha value is -2.38. The van der Waals surface area contributed by atoms with Gasteiger partial charge in [-0.2, -0.15) is 5.10 Å². The summed E-state index contributed by atoms with van der Waals surface area (Å²) in [6.45, 7) is 4.11.